The van der Waals surface area contributed by atoms with E-state index < -0.39 is 11.9 Å². The summed E-state index contributed by atoms with van der Waals surface area (Å²) in [6, 6.07) is 5.43. The predicted molar refractivity (Wildman–Crippen MR) is 76.4 cm³/mol. The van der Waals surface area contributed by atoms with Crippen LogP contribution in [-0.4, -0.2) is 22.2 Å². The van der Waals surface area contributed by atoms with E-state index in [0.717, 1.165) is 22.6 Å². The molecule has 0 radical (unpaired) electrons. The van der Waals surface area contributed by atoms with Crippen LogP contribution in [0.15, 0.2) is 52.7 Å². The molecule has 0 saturated heterocycles. The molecule has 2 rings (SSSR count). The smallest absolute Gasteiger partial charge is 0.328 e. The van der Waals surface area contributed by atoms with Crippen LogP contribution in [0.3, 0.4) is 0 Å². The lowest BCUT2D eigenvalue weighted by Crippen LogP contribution is -1.84. The van der Waals surface area contributed by atoms with E-state index >= 15 is 0 Å². The Hall–Kier alpha value is -2.60. The van der Waals surface area contributed by atoms with Crippen molar-refractivity contribution in [2.24, 2.45) is 0 Å². The standard InChI is InChI=1S/C7H6O3.C7H6O2S/c8-7(9)2-1-6-3-4-10-5-6;8-7(9)4-3-6-2-1-5-10-6/h2*1-5H,(H,8,9). The fourth-order valence-corrected chi connectivity index (χ4v) is 1.69. The Morgan fingerprint density at radius 3 is 2.30 bits per heavy atom. The zero-order valence-corrected chi connectivity index (χ0v) is 11.1. The SMILES string of the molecule is O=C(O)C=Cc1cccs1.O=C(O)C=Cc1ccoc1. The zero-order chi connectivity index (χ0) is 14.8. The van der Waals surface area contributed by atoms with Gasteiger partial charge in [-0.15, -0.1) is 11.3 Å². The molecule has 2 aromatic heterocycles. The highest BCUT2D eigenvalue weighted by molar-refractivity contribution is 7.10. The molecular weight excluding hydrogens is 280 g/mol. The van der Waals surface area contributed by atoms with E-state index in [9.17, 15) is 9.59 Å². The van der Waals surface area contributed by atoms with Crippen molar-refractivity contribution in [2.45, 2.75) is 0 Å². The van der Waals surface area contributed by atoms with Gasteiger partial charge in [-0.25, -0.2) is 9.59 Å². The number of aliphatic carboxylic acids is 2. The summed E-state index contributed by atoms with van der Waals surface area (Å²) in [7, 11) is 0. The van der Waals surface area contributed by atoms with Crippen LogP contribution in [0.4, 0.5) is 0 Å². The number of hydrogen-bond donors (Lipinski definition) is 2. The molecule has 0 unspecified atom stereocenters. The molecule has 2 N–H and O–H groups in total. The van der Waals surface area contributed by atoms with Crippen molar-refractivity contribution in [3.63, 3.8) is 0 Å². The van der Waals surface area contributed by atoms with Crippen LogP contribution in [-0.2, 0) is 9.59 Å². The van der Waals surface area contributed by atoms with Crippen molar-refractivity contribution in [1.29, 1.82) is 0 Å². The molecule has 0 aliphatic carbocycles. The molecular formula is C14H12O5S. The third kappa shape index (κ3) is 6.97. The molecule has 0 aliphatic heterocycles. The van der Waals surface area contributed by atoms with Crippen molar-refractivity contribution in [1.82, 2.24) is 0 Å². The van der Waals surface area contributed by atoms with E-state index in [1.807, 2.05) is 17.5 Å². The second-order valence-electron chi connectivity index (χ2n) is 3.42. The highest BCUT2D eigenvalue weighted by Crippen LogP contribution is 2.09. The first-order valence-electron chi connectivity index (χ1n) is 5.45. The van der Waals surface area contributed by atoms with Gasteiger partial charge in [0.1, 0.15) is 0 Å². The Balaban J connectivity index is 0.000000200. The molecule has 2 aromatic rings. The zero-order valence-electron chi connectivity index (χ0n) is 10.3. The maximum atomic E-state index is 10.0. The Kier molecular flexibility index (Phi) is 6.56. The second-order valence-corrected chi connectivity index (χ2v) is 4.39. The topological polar surface area (TPSA) is 87.7 Å². The van der Waals surface area contributed by atoms with Gasteiger partial charge in [-0.3, -0.25) is 0 Å². The lowest BCUT2D eigenvalue weighted by Gasteiger charge is -1.78. The highest BCUT2D eigenvalue weighted by atomic mass is 32.1. The average molecular weight is 292 g/mol. The molecule has 20 heavy (non-hydrogen) atoms. The molecule has 0 spiro atoms. The normalized spacial score (nSPS) is 10.4. The highest BCUT2D eigenvalue weighted by Gasteiger charge is 1.88. The van der Waals surface area contributed by atoms with Crippen molar-refractivity contribution in [3.8, 4) is 0 Å². The van der Waals surface area contributed by atoms with E-state index in [1.165, 1.54) is 29.9 Å². The third-order valence-corrected chi connectivity index (χ3v) is 2.73. The summed E-state index contributed by atoms with van der Waals surface area (Å²) in [5.41, 5.74) is 0.752. The molecule has 0 bridgehead atoms. The summed E-state index contributed by atoms with van der Waals surface area (Å²) in [5, 5.41) is 18.3. The Morgan fingerprint density at radius 2 is 1.80 bits per heavy atom. The maximum Gasteiger partial charge on any atom is 0.328 e. The van der Waals surface area contributed by atoms with Gasteiger partial charge in [-0.2, -0.15) is 0 Å². The van der Waals surface area contributed by atoms with Gasteiger partial charge in [0.25, 0.3) is 0 Å². The number of thiophene rings is 1. The minimum absolute atomic E-state index is 0.752. The van der Waals surface area contributed by atoms with E-state index in [4.69, 9.17) is 14.6 Å². The molecule has 0 saturated carbocycles. The lowest BCUT2D eigenvalue weighted by molar-refractivity contribution is -0.132. The number of carbonyl (C=O) groups is 2. The van der Waals surface area contributed by atoms with Crippen LogP contribution in [0.1, 0.15) is 10.4 Å². The predicted octanol–water partition coefficient (Wildman–Crippen LogP) is 3.22. The van der Waals surface area contributed by atoms with Crippen molar-refractivity contribution in [3.05, 3.63) is 58.7 Å². The molecule has 0 aromatic carbocycles. The first-order chi connectivity index (χ1) is 9.58. The van der Waals surface area contributed by atoms with Gasteiger partial charge < -0.3 is 14.6 Å². The molecule has 0 atom stereocenters. The third-order valence-electron chi connectivity index (χ3n) is 1.89. The Morgan fingerprint density at radius 1 is 1.10 bits per heavy atom. The fourth-order valence-electron chi connectivity index (χ4n) is 1.08. The van der Waals surface area contributed by atoms with Gasteiger partial charge >= 0.3 is 11.9 Å². The number of furan rings is 1. The van der Waals surface area contributed by atoms with Crippen molar-refractivity contribution in [2.75, 3.05) is 0 Å². The molecule has 0 aliphatic rings. The summed E-state index contributed by atoms with van der Waals surface area (Å²) in [5.74, 6) is -1.87. The summed E-state index contributed by atoms with van der Waals surface area (Å²) in [4.78, 5) is 20.9. The van der Waals surface area contributed by atoms with Gasteiger partial charge in [0.05, 0.1) is 12.5 Å². The summed E-state index contributed by atoms with van der Waals surface area (Å²) in [6.07, 6.45) is 8.19. The monoisotopic (exact) mass is 292 g/mol. The van der Waals surface area contributed by atoms with Gasteiger partial charge in [-0.1, -0.05) is 6.07 Å². The van der Waals surface area contributed by atoms with Crippen LogP contribution < -0.4 is 0 Å². The molecule has 104 valence electrons. The second kappa shape index (κ2) is 8.49. The Labute approximate surface area is 119 Å². The van der Waals surface area contributed by atoms with Crippen molar-refractivity contribution < 1.29 is 24.2 Å². The van der Waals surface area contributed by atoms with Crippen LogP contribution >= 0.6 is 11.3 Å². The molecule has 2 heterocycles. The van der Waals surface area contributed by atoms with E-state index in [2.05, 4.69) is 0 Å². The lowest BCUT2D eigenvalue weighted by atomic mass is 10.3. The number of carboxylic acid groups (broad SMARTS) is 2. The summed E-state index contributed by atoms with van der Waals surface area (Å²) >= 11 is 1.51. The largest absolute Gasteiger partial charge is 0.478 e. The fraction of sp³-hybridized carbons (Fsp3) is 0. The van der Waals surface area contributed by atoms with Crippen LogP contribution in [0.2, 0.25) is 0 Å². The maximum absolute atomic E-state index is 10.0. The first kappa shape index (κ1) is 15.5. The van der Waals surface area contributed by atoms with Crippen molar-refractivity contribution >= 4 is 35.4 Å². The van der Waals surface area contributed by atoms with Gasteiger partial charge in [0.2, 0.25) is 0 Å². The molecule has 5 nitrogen and oxygen atoms in total. The van der Waals surface area contributed by atoms with Gasteiger partial charge in [-0.05, 0) is 29.7 Å². The minimum Gasteiger partial charge on any atom is -0.478 e. The van der Waals surface area contributed by atoms with Crippen LogP contribution in [0.5, 0.6) is 0 Å². The minimum atomic E-state index is -0.957. The van der Waals surface area contributed by atoms with Gasteiger partial charge in [0.15, 0.2) is 0 Å². The average Bonchev–Trinajstić information content (AvgIpc) is 3.08. The van der Waals surface area contributed by atoms with Crippen LogP contribution in [0.25, 0.3) is 12.2 Å². The van der Waals surface area contributed by atoms with Gasteiger partial charge in [0, 0.05) is 22.6 Å². The molecule has 0 fully saturated rings. The first-order valence-corrected chi connectivity index (χ1v) is 6.33. The summed E-state index contributed by atoms with van der Waals surface area (Å²) in [6.45, 7) is 0. The number of carboxylic acids is 2. The molecule has 6 heteroatoms. The van der Waals surface area contributed by atoms with Crippen LogP contribution in [0, 0.1) is 0 Å². The van der Waals surface area contributed by atoms with E-state index in [1.54, 1.807) is 12.1 Å². The van der Waals surface area contributed by atoms with E-state index in [0.29, 0.717) is 0 Å². The molecule has 0 amide bonds. The van der Waals surface area contributed by atoms with E-state index in [-0.39, 0.29) is 0 Å². The number of hydrogen-bond acceptors (Lipinski definition) is 4. The quantitative estimate of drug-likeness (QED) is 0.845. The number of rotatable bonds is 4. The summed E-state index contributed by atoms with van der Waals surface area (Å²) < 4.78 is 4.70. The Bertz CT molecular complexity index is 525.